The van der Waals surface area contributed by atoms with Crippen molar-refractivity contribution in [1.29, 1.82) is 0 Å². The predicted octanol–water partition coefficient (Wildman–Crippen LogP) is 2.68. The predicted molar refractivity (Wildman–Crippen MR) is 68.0 cm³/mol. The van der Waals surface area contributed by atoms with E-state index in [1.165, 1.54) is 18.4 Å². The fourth-order valence-electron chi connectivity index (χ4n) is 2.65. The van der Waals surface area contributed by atoms with Crippen LogP contribution in [0.15, 0.2) is 22.7 Å². The van der Waals surface area contributed by atoms with Gasteiger partial charge in [-0.25, -0.2) is 0 Å². The molecule has 0 bridgehead atoms. The molecule has 1 aromatic carbocycles. The molecule has 0 amide bonds. The van der Waals surface area contributed by atoms with Crippen molar-refractivity contribution < 1.29 is 4.52 Å². The molecule has 2 aromatic rings. The van der Waals surface area contributed by atoms with Crippen LogP contribution in [0.25, 0.3) is 11.0 Å². The van der Waals surface area contributed by atoms with Crippen LogP contribution in [0.2, 0.25) is 0 Å². The van der Waals surface area contributed by atoms with Gasteiger partial charge in [-0.2, -0.15) is 0 Å². The van der Waals surface area contributed by atoms with Gasteiger partial charge in [0, 0.05) is 5.39 Å². The zero-order valence-electron chi connectivity index (χ0n) is 10.2. The van der Waals surface area contributed by atoms with Crippen molar-refractivity contribution >= 4 is 11.0 Å². The van der Waals surface area contributed by atoms with E-state index in [1.807, 2.05) is 6.92 Å². The first-order valence-electron chi connectivity index (χ1n) is 6.38. The molecular weight excluding hydrogens is 212 g/mol. The molecule has 3 nitrogen and oxygen atoms in total. The monoisotopic (exact) mass is 230 g/mol. The van der Waals surface area contributed by atoms with Crippen LogP contribution in [-0.2, 0) is 6.42 Å². The molecular formula is C14H18N2O. The summed E-state index contributed by atoms with van der Waals surface area (Å²) in [6.45, 7) is 4.31. The summed E-state index contributed by atoms with van der Waals surface area (Å²) in [6, 6.07) is 6.50. The highest BCUT2D eigenvalue weighted by atomic mass is 16.5. The number of aromatic nitrogens is 1. The van der Waals surface area contributed by atoms with Gasteiger partial charge in [0.15, 0.2) is 5.58 Å². The maximum Gasteiger partial charge on any atom is 0.167 e. The van der Waals surface area contributed by atoms with Crippen molar-refractivity contribution in [2.45, 2.75) is 26.2 Å². The smallest absolute Gasteiger partial charge is 0.167 e. The summed E-state index contributed by atoms with van der Waals surface area (Å²) in [5.41, 5.74) is 3.28. The number of nitrogens with zero attached hydrogens (tertiary/aromatic N) is 1. The normalized spacial score (nSPS) is 17.7. The van der Waals surface area contributed by atoms with Crippen molar-refractivity contribution in [3.63, 3.8) is 0 Å². The molecule has 1 aliphatic rings. The van der Waals surface area contributed by atoms with Gasteiger partial charge in [-0.3, -0.25) is 0 Å². The highest BCUT2D eigenvalue weighted by molar-refractivity contribution is 5.79. The summed E-state index contributed by atoms with van der Waals surface area (Å²) in [4.78, 5) is 0. The maximum atomic E-state index is 5.32. The van der Waals surface area contributed by atoms with Crippen LogP contribution in [0.4, 0.5) is 0 Å². The largest absolute Gasteiger partial charge is 0.356 e. The standard InChI is InChI=1S/C14H18N2O/c1-10-13-3-2-12(9-14(13)17-16-10)8-11-4-6-15-7-5-11/h2-3,9,11,15H,4-8H2,1H3. The van der Waals surface area contributed by atoms with Crippen molar-refractivity contribution in [3.05, 3.63) is 29.5 Å². The van der Waals surface area contributed by atoms with Crippen LogP contribution in [-0.4, -0.2) is 18.2 Å². The Balaban J connectivity index is 1.80. The Morgan fingerprint density at radius 3 is 3.00 bits per heavy atom. The zero-order valence-corrected chi connectivity index (χ0v) is 10.2. The lowest BCUT2D eigenvalue weighted by Gasteiger charge is -2.22. The first-order chi connectivity index (χ1) is 8.33. The molecule has 2 heterocycles. The molecule has 1 aromatic heterocycles. The molecule has 1 N–H and O–H groups in total. The Kier molecular flexibility index (Phi) is 2.85. The highest BCUT2D eigenvalue weighted by Crippen LogP contribution is 2.23. The second-order valence-corrected chi connectivity index (χ2v) is 5.00. The molecule has 0 atom stereocenters. The molecule has 0 saturated carbocycles. The molecule has 3 heteroatoms. The molecule has 1 saturated heterocycles. The molecule has 0 unspecified atom stereocenters. The minimum absolute atomic E-state index is 0.817. The third-order valence-corrected chi connectivity index (χ3v) is 3.70. The number of aryl methyl sites for hydroxylation is 1. The highest BCUT2D eigenvalue weighted by Gasteiger charge is 2.14. The van der Waals surface area contributed by atoms with Gasteiger partial charge in [0.05, 0.1) is 5.69 Å². The average molecular weight is 230 g/mol. The first-order valence-corrected chi connectivity index (χ1v) is 6.38. The van der Waals surface area contributed by atoms with Crippen LogP contribution in [0.3, 0.4) is 0 Å². The Morgan fingerprint density at radius 2 is 2.18 bits per heavy atom. The van der Waals surface area contributed by atoms with E-state index in [1.54, 1.807) is 0 Å². The van der Waals surface area contributed by atoms with E-state index in [0.717, 1.165) is 42.1 Å². The van der Waals surface area contributed by atoms with E-state index < -0.39 is 0 Å². The van der Waals surface area contributed by atoms with E-state index in [2.05, 4.69) is 28.7 Å². The van der Waals surface area contributed by atoms with Gasteiger partial charge in [0.2, 0.25) is 0 Å². The van der Waals surface area contributed by atoms with Crippen LogP contribution >= 0.6 is 0 Å². The van der Waals surface area contributed by atoms with E-state index in [-0.39, 0.29) is 0 Å². The third kappa shape index (κ3) is 2.20. The van der Waals surface area contributed by atoms with Crippen molar-refractivity contribution in [1.82, 2.24) is 10.5 Å². The first kappa shape index (κ1) is 10.8. The van der Waals surface area contributed by atoms with E-state index in [9.17, 15) is 0 Å². The lowest BCUT2D eigenvalue weighted by atomic mass is 9.91. The number of nitrogens with one attached hydrogen (secondary N) is 1. The number of rotatable bonds is 2. The molecule has 0 spiro atoms. The average Bonchev–Trinajstić information content (AvgIpc) is 2.72. The summed E-state index contributed by atoms with van der Waals surface area (Å²) in [7, 11) is 0. The zero-order chi connectivity index (χ0) is 11.7. The van der Waals surface area contributed by atoms with Crippen LogP contribution < -0.4 is 5.32 Å². The maximum absolute atomic E-state index is 5.32. The van der Waals surface area contributed by atoms with Gasteiger partial charge < -0.3 is 9.84 Å². The number of fused-ring (bicyclic) bond motifs is 1. The van der Waals surface area contributed by atoms with Gasteiger partial charge in [-0.1, -0.05) is 11.2 Å². The number of piperidine rings is 1. The van der Waals surface area contributed by atoms with E-state index in [0.29, 0.717) is 0 Å². The molecule has 0 radical (unpaired) electrons. The number of hydrogen-bond donors (Lipinski definition) is 1. The summed E-state index contributed by atoms with van der Waals surface area (Å²) < 4.78 is 5.32. The van der Waals surface area contributed by atoms with Crippen molar-refractivity contribution in [2.75, 3.05) is 13.1 Å². The Labute approximate surface area is 101 Å². The van der Waals surface area contributed by atoms with Gasteiger partial charge >= 0.3 is 0 Å². The molecule has 1 aliphatic heterocycles. The summed E-state index contributed by atoms with van der Waals surface area (Å²) in [6.07, 6.45) is 3.73. The number of hydrogen-bond acceptors (Lipinski definition) is 3. The van der Waals surface area contributed by atoms with Crippen LogP contribution in [0, 0.1) is 12.8 Å². The minimum Gasteiger partial charge on any atom is -0.356 e. The van der Waals surface area contributed by atoms with Crippen molar-refractivity contribution in [3.8, 4) is 0 Å². The van der Waals surface area contributed by atoms with Gasteiger partial charge in [0.25, 0.3) is 0 Å². The Morgan fingerprint density at radius 1 is 1.35 bits per heavy atom. The van der Waals surface area contributed by atoms with Crippen molar-refractivity contribution in [2.24, 2.45) is 5.92 Å². The summed E-state index contributed by atoms with van der Waals surface area (Å²) in [5.74, 6) is 0.817. The van der Waals surface area contributed by atoms with E-state index in [4.69, 9.17) is 4.52 Å². The van der Waals surface area contributed by atoms with Crippen LogP contribution in [0.1, 0.15) is 24.1 Å². The summed E-state index contributed by atoms with van der Waals surface area (Å²) >= 11 is 0. The summed E-state index contributed by atoms with van der Waals surface area (Å²) in [5, 5.41) is 8.54. The molecule has 3 rings (SSSR count). The Hall–Kier alpha value is -1.35. The molecule has 17 heavy (non-hydrogen) atoms. The lowest BCUT2D eigenvalue weighted by molar-refractivity contribution is 0.372. The molecule has 0 aliphatic carbocycles. The van der Waals surface area contributed by atoms with Gasteiger partial charge in [-0.05, 0) is 62.9 Å². The fourth-order valence-corrected chi connectivity index (χ4v) is 2.65. The van der Waals surface area contributed by atoms with Crippen LogP contribution in [0.5, 0.6) is 0 Å². The van der Waals surface area contributed by atoms with E-state index >= 15 is 0 Å². The second kappa shape index (κ2) is 4.49. The quantitative estimate of drug-likeness (QED) is 0.862. The van der Waals surface area contributed by atoms with Gasteiger partial charge in [-0.15, -0.1) is 0 Å². The van der Waals surface area contributed by atoms with Gasteiger partial charge in [0.1, 0.15) is 0 Å². The molecule has 90 valence electrons. The third-order valence-electron chi connectivity index (χ3n) is 3.70. The lowest BCUT2D eigenvalue weighted by Crippen LogP contribution is -2.28. The SMILES string of the molecule is Cc1noc2cc(CC3CCNCC3)ccc12. The topological polar surface area (TPSA) is 38.1 Å². The number of benzene rings is 1. The fraction of sp³-hybridized carbons (Fsp3) is 0.500. The minimum atomic E-state index is 0.817. The second-order valence-electron chi connectivity index (χ2n) is 5.00. The Bertz CT molecular complexity index is 512. The molecule has 1 fully saturated rings.